The number of hydrogen-bond acceptors (Lipinski definition) is 5. The fourth-order valence-corrected chi connectivity index (χ4v) is 4.09. The van der Waals surface area contributed by atoms with E-state index in [1.807, 2.05) is 18.2 Å². The van der Waals surface area contributed by atoms with Crippen molar-refractivity contribution in [3.8, 4) is 0 Å². The number of nitrogens with zero attached hydrogens (tertiary/aromatic N) is 3. The largest absolute Gasteiger partial charge is 0.298 e. The number of carbonyl (C=O) groups is 1. The van der Waals surface area contributed by atoms with Gasteiger partial charge < -0.3 is 0 Å². The van der Waals surface area contributed by atoms with Crippen LogP contribution in [0.1, 0.15) is 18.4 Å². The monoisotopic (exact) mass is 432 g/mol. The number of carbonyl (C=O) groups excluding carboxylic acids is 1. The topological polar surface area (TPSA) is 82.1 Å². The molecule has 0 radical (unpaired) electrons. The quantitative estimate of drug-likeness (QED) is 0.681. The van der Waals surface area contributed by atoms with Crippen LogP contribution >= 0.6 is 0 Å². The molecule has 30 heavy (non-hydrogen) atoms. The van der Waals surface area contributed by atoms with Crippen LogP contribution in [0.2, 0.25) is 0 Å². The maximum absolute atomic E-state index is 13.1. The van der Waals surface area contributed by atoms with Crippen molar-refractivity contribution in [2.75, 3.05) is 30.2 Å². The third-order valence-electron chi connectivity index (χ3n) is 4.82. The highest BCUT2D eigenvalue weighted by Gasteiger charge is 2.21. The Kier molecular flexibility index (Phi) is 7.17. The zero-order chi connectivity index (χ0) is 21.6. The molecule has 0 spiro atoms. The highest BCUT2D eigenvalue weighted by molar-refractivity contribution is 7.92. The summed E-state index contributed by atoms with van der Waals surface area (Å²) in [5.74, 6) is -1.04. The predicted molar refractivity (Wildman–Crippen MR) is 115 cm³/mol. The van der Waals surface area contributed by atoms with E-state index in [-0.39, 0.29) is 5.69 Å². The van der Waals surface area contributed by atoms with Gasteiger partial charge in [0.25, 0.3) is 5.91 Å². The highest BCUT2D eigenvalue weighted by Crippen LogP contribution is 2.17. The van der Waals surface area contributed by atoms with Crippen molar-refractivity contribution in [1.82, 2.24) is 10.3 Å². The fourth-order valence-electron chi connectivity index (χ4n) is 3.24. The molecule has 1 amide bonds. The molecule has 2 aromatic carbocycles. The van der Waals surface area contributed by atoms with E-state index >= 15 is 0 Å². The molecule has 1 fully saturated rings. The molecule has 0 unspecified atom stereocenters. The number of halogens is 1. The van der Waals surface area contributed by atoms with Gasteiger partial charge in [-0.1, -0.05) is 30.3 Å². The Labute approximate surface area is 176 Å². The van der Waals surface area contributed by atoms with Crippen LogP contribution in [0.15, 0.2) is 59.7 Å². The molecule has 1 aliphatic heterocycles. The molecule has 160 valence electrons. The molecule has 0 atom stereocenters. The first kappa shape index (κ1) is 21.9. The van der Waals surface area contributed by atoms with Gasteiger partial charge in [-0.15, -0.1) is 0 Å². The second-order valence-electron chi connectivity index (χ2n) is 7.22. The average molecular weight is 433 g/mol. The number of amides is 1. The van der Waals surface area contributed by atoms with Crippen LogP contribution in [-0.2, 0) is 21.4 Å². The zero-order valence-corrected chi connectivity index (χ0v) is 17.6. The summed E-state index contributed by atoms with van der Waals surface area (Å²) in [6.45, 7) is 2.13. The van der Waals surface area contributed by atoms with Crippen LogP contribution in [0, 0.1) is 5.82 Å². The van der Waals surface area contributed by atoms with Gasteiger partial charge in [-0.25, -0.2) is 18.2 Å². The number of hydrogen-bond donors (Lipinski definition) is 1. The number of piperidine rings is 1. The zero-order valence-electron chi connectivity index (χ0n) is 16.8. The Balaban J connectivity index is 1.53. The molecule has 0 aromatic heterocycles. The summed E-state index contributed by atoms with van der Waals surface area (Å²) < 4.78 is 38.1. The van der Waals surface area contributed by atoms with E-state index in [1.54, 1.807) is 0 Å². The normalized spacial score (nSPS) is 14.9. The Morgan fingerprint density at radius 3 is 2.33 bits per heavy atom. The van der Waals surface area contributed by atoms with Crippen LogP contribution in [0.4, 0.5) is 10.1 Å². The third kappa shape index (κ3) is 6.36. The number of nitrogens with one attached hydrogen (secondary N) is 1. The number of anilines is 1. The molecule has 0 bridgehead atoms. The number of likely N-dealkylation sites (tertiary alicyclic amines) is 1. The van der Waals surface area contributed by atoms with Gasteiger partial charge in [0.15, 0.2) is 0 Å². The van der Waals surface area contributed by atoms with E-state index < -0.39 is 28.3 Å². The first-order valence-corrected chi connectivity index (χ1v) is 11.5. The summed E-state index contributed by atoms with van der Waals surface area (Å²) in [4.78, 5) is 14.6. The Bertz CT molecular complexity index is 985. The number of rotatable bonds is 7. The molecule has 0 aliphatic carbocycles. The molecule has 7 nitrogen and oxygen atoms in total. The Hall–Kier alpha value is -2.78. The minimum Gasteiger partial charge on any atom is -0.298 e. The molecule has 0 saturated carbocycles. The second-order valence-corrected chi connectivity index (χ2v) is 9.13. The second kappa shape index (κ2) is 9.82. The van der Waals surface area contributed by atoms with Gasteiger partial charge >= 0.3 is 0 Å². The maximum atomic E-state index is 13.1. The van der Waals surface area contributed by atoms with Crippen LogP contribution in [-0.4, -0.2) is 50.8 Å². The van der Waals surface area contributed by atoms with E-state index in [2.05, 4.69) is 27.6 Å². The highest BCUT2D eigenvalue weighted by atomic mass is 32.2. The number of sulfonamides is 1. The van der Waals surface area contributed by atoms with Crippen molar-refractivity contribution in [3.63, 3.8) is 0 Å². The lowest BCUT2D eigenvalue weighted by Gasteiger charge is -2.27. The molecule has 1 saturated heterocycles. The smallest absolute Gasteiger partial charge is 0.260 e. The van der Waals surface area contributed by atoms with Gasteiger partial charge in [0, 0.05) is 38.2 Å². The lowest BCUT2D eigenvalue weighted by molar-refractivity contribution is -0.119. The Morgan fingerprint density at radius 1 is 1.10 bits per heavy atom. The summed E-state index contributed by atoms with van der Waals surface area (Å²) in [5, 5.41) is 4.18. The maximum Gasteiger partial charge on any atom is 0.260 e. The van der Waals surface area contributed by atoms with Crippen LogP contribution < -0.4 is 9.73 Å². The molecule has 9 heteroatoms. The lowest BCUT2D eigenvalue weighted by Crippen LogP contribution is -2.40. The SMILES string of the molecule is CS(=O)(=O)N(CC(=O)NN=C1CCN(Cc2ccccc2)CC1)c1ccc(F)cc1. The van der Waals surface area contributed by atoms with E-state index in [0.717, 1.165) is 60.9 Å². The molecule has 1 aliphatic rings. The molecule has 1 heterocycles. The predicted octanol–water partition coefficient (Wildman–Crippen LogP) is 2.36. The van der Waals surface area contributed by atoms with Crippen LogP contribution in [0.25, 0.3) is 0 Å². The first-order valence-electron chi connectivity index (χ1n) is 9.65. The summed E-state index contributed by atoms with van der Waals surface area (Å²) >= 11 is 0. The summed E-state index contributed by atoms with van der Waals surface area (Å²) in [7, 11) is -3.71. The molecular weight excluding hydrogens is 407 g/mol. The van der Waals surface area contributed by atoms with Gasteiger partial charge in [0.1, 0.15) is 12.4 Å². The number of benzene rings is 2. The average Bonchev–Trinajstić information content (AvgIpc) is 2.72. The molecule has 3 rings (SSSR count). The van der Waals surface area contributed by atoms with Gasteiger partial charge in [-0.05, 0) is 29.8 Å². The van der Waals surface area contributed by atoms with Crippen LogP contribution in [0.3, 0.4) is 0 Å². The standard InChI is InChI=1S/C21H25FN4O3S/c1-30(28,29)26(20-9-7-18(22)8-10-20)16-21(27)24-23-19-11-13-25(14-12-19)15-17-5-3-2-4-6-17/h2-10H,11-16H2,1H3,(H,24,27). The minimum absolute atomic E-state index is 0.218. The third-order valence-corrected chi connectivity index (χ3v) is 5.96. The van der Waals surface area contributed by atoms with E-state index in [4.69, 9.17) is 0 Å². The fraction of sp³-hybridized carbons (Fsp3) is 0.333. The summed E-state index contributed by atoms with van der Waals surface area (Å²) in [5.41, 5.74) is 4.80. The molecule has 2 aromatic rings. The first-order chi connectivity index (χ1) is 14.3. The van der Waals surface area contributed by atoms with E-state index in [0.29, 0.717) is 0 Å². The van der Waals surface area contributed by atoms with Crippen molar-refractivity contribution in [2.45, 2.75) is 19.4 Å². The molecular formula is C21H25FN4O3S. The minimum atomic E-state index is -3.71. The van der Waals surface area contributed by atoms with Crippen molar-refractivity contribution < 1.29 is 17.6 Å². The lowest BCUT2D eigenvalue weighted by atomic mass is 10.1. The van der Waals surface area contributed by atoms with Crippen molar-refractivity contribution in [2.24, 2.45) is 5.10 Å². The summed E-state index contributed by atoms with van der Waals surface area (Å²) in [6.07, 6.45) is 2.47. The van der Waals surface area contributed by atoms with Gasteiger partial charge in [-0.2, -0.15) is 5.10 Å². The van der Waals surface area contributed by atoms with Crippen molar-refractivity contribution in [3.05, 3.63) is 66.0 Å². The number of hydrazone groups is 1. The van der Waals surface area contributed by atoms with Gasteiger partial charge in [-0.3, -0.25) is 14.0 Å². The molecule has 1 N–H and O–H groups in total. The van der Waals surface area contributed by atoms with Gasteiger partial charge in [0.2, 0.25) is 10.0 Å². The summed E-state index contributed by atoms with van der Waals surface area (Å²) in [6, 6.07) is 15.2. The Morgan fingerprint density at radius 2 is 1.73 bits per heavy atom. The van der Waals surface area contributed by atoms with E-state index in [9.17, 15) is 17.6 Å². The van der Waals surface area contributed by atoms with E-state index in [1.165, 1.54) is 17.7 Å². The van der Waals surface area contributed by atoms with Crippen molar-refractivity contribution >= 4 is 27.3 Å². The van der Waals surface area contributed by atoms with Crippen molar-refractivity contribution in [1.29, 1.82) is 0 Å². The van der Waals surface area contributed by atoms with Gasteiger partial charge in [0.05, 0.1) is 11.9 Å². The van der Waals surface area contributed by atoms with Crippen LogP contribution in [0.5, 0.6) is 0 Å².